The van der Waals surface area contributed by atoms with Gasteiger partial charge in [0.25, 0.3) is 5.91 Å². The summed E-state index contributed by atoms with van der Waals surface area (Å²) < 4.78 is 1.68. The molecule has 0 saturated carbocycles. The summed E-state index contributed by atoms with van der Waals surface area (Å²) in [5.41, 5.74) is 8.75. The van der Waals surface area contributed by atoms with Crippen LogP contribution in [0.3, 0.4) is 0 Å². The fraction of sp³-hybridized carbons (Fsp3) is 0.333. The number of carbonyl (C=O) groups excluding carboxylic acids is 1. The molecule has 7 nitrogen and oxygen atoms in total. The lowest BCUT2D eigenvalue weighted by Crippen LogP contribution is -2.40. The van der Waals surface area contributed by atoms with Gasteiger partial charge in [-0.05, 0) is 32.4 Å². The number of aromatic nitrogens is 4. The van der Waals surface area contributed by atoms with Crippen LogP contribution in [0.15, 0.2) is 36.5 Å². The van der Waals surface area contributed by atoms with Crippen molar-refractivity contribution in [3.63, 3.8) is 0 Å². The number of hydrogen-bond donors (Lipinski definition) is 1. The van der Waals surface area contributed by atoms with Gasteiger partial charge >= 0.3 is 0 Å². The number of likely N-dealkylation sites (tertiary alicyclic amines) is 1. The largest absolute Gasteiger partial charge is 0.333 e. The van der Waals surface area contributed by atoms with Crippen LogP contribution in [-0.4, -0.2) is 49.4 Å². The quantitative estimate of drug-likeness (QED) is 0.769. The molecule has 0 bridgehead atoms. The van der Waals surface area contributed by atoms with Gasteiger partial charge < -0.3 is 10.6 Å². The summed E-state index contributed by atoms with van der Waals surface area (Å²) in [5, 5.41) is 9.39. The van der Waals surface area contributed by atoms with Crippen molar-refractivity contribution in [3.05, 3.63) is 47.9 Å². The first-order chi connectivity index (χ1) is 12.1. The van der Waals surface area contributed by atoms with E-state index in [0.29, 0.717) is 17.9 Å². The van der Waals surface area contributed by atoms with Crippen LogP contribution in [0, 0.1) is 6.92 Å². The monoisotopic (exact) mass is 336 g/mol. The van der Waals surface area contributed by atoms with E-state index in [4.69, 9.17) is 5.73 Å². The van der Waals surface area contributed by atoms with E-state index >= 15 is 0 Å². The Balaban J connectivity index is 1.75. The summed E-state index contributed by atoms with van der Waals surface area (Å²) in [5.74, 6) is -0.114. The third-order valence-corrected chi connectivity index (χ3v) is 5.01. The first-order valence-corrected chi connectivity index (χ1v) is 8.41. The first kappa shape index (κ1) is 15.7. The lowest BCUT2D eigenvalue weighted by molar-refractivity contribution is 0.0735. The topological polar surface area (TPSA) is 89.9 Å². The summed E-state index contributed by atoms with van der Waals surface area (Å²) in [6.07, 6.45) is 2.56. The van der Waals surface area contributed by atoms with Crippen molar-refractivity contribution in [3.8, 4) is 5.69 Å². The smallest absolute Gasteiger partial charge is 0.276 e. The number of fused-ring (bicyclic) bond motifs is 1. The van der Waals surface area contributed by atoms with Gasteiger partial charge in [0.05, 0.1) is 16.9 Å². The predicted octanol–water partition coefficient (Wildman–Crippen LogP) is 1.69. The van der Waals surface area contributed by atoms with E-state index in [-0.39, 0.29) is 18.0 Å². The Morgan fingerprint density at radius 3 is 2.84 bits per heavy atom. The maximum absolute atomic E-state index is 12.9. The van der Waals surface area contributed by atoms with Crippen LogP contribution in [0.2, 0.25) is 0 Å². The highest BCUT2D eigenvalue weighted by Gasteiger charge is 2.34. The normalized spacial score (nSPS) is 20.4. The molecule has 1 fully saturated rings. The van der Waals surface area contributed by atoms with Gasteiger partial charge in [-0.3, -0.25) is 9.78 Å². The molecule has 128 valence electrons. The lowest BCUT2D eigenvalue weighted by atomic mass is 10.1. The number of rotatable bonds is 2. The SMILES string of the molecule is Cc1c(C(=O)N2CC[C@@H](N)[C@H]2C)nnn1-c1cccc2cccnc12. The van der Waals surface area contributed by atoms with E-state index in [2.05, 4.69) is 15.3 Å². The molecular formula is C18H20N6O. The molecule has 4 rings (SSSR count). The first-order valence-electron chi connectivity index (χ1n) is 8.41. The summed E-state index contributed by atoms with van der Waals surface area (Å²) in [7, 11) is 0. The molecule has 3 aromatic rings. The highest BCUT2D eigenvalue weighted by Crippen LogP contribution is 2.23. The van der Waals surface area contributed by atoms with Crippen molar-refractivity contribution in [1.29, 1.82) is 0 Å². The van der Waals surface area contributed by atoms with Crippen LogP contribution in [0.5, 0.6) is 0 Å². The van der Waals surface area contributed by atoms with Gasteiger partial charge in [0, 0.05) is 30.2 Å². The maximum atomic E-state index is 12.9. The second-order valence-corrected chi connectivity index (χ2v) is 6.48. The van der Waals surface area contributed by atoms with Gasteiger partial charge in [-0.25, -0.2) is 4.68 Å². The van der Waals surface area contributed by atoms with E-state index in [1.54, 1.807) is 15.8 Å². The average Bonchev–Trinajstić information content (AvgIpc) is 3.17. The molecule has 2 N–H and O–H groups in total. The maximum Gasteiger partial charge on any atom is 0.276 e. The molecule has 7 heteroatoms. The average molecular weight is 336 g/mol. The van der Waals surface area contributed by atoms with Crippen molar-refractivity contribution >= 4 is 16.8 Å². The highest BCUT2D eigenvalue weighted by atomic mass is 16.2. The number of para-hydroxylation sites is 1. The molecule has 1 aliphatic rings. The van der Waals surface area contributed by atoms with E-state index in [9.17, 15) is 4.79 Å². The zero-order valence-corrected chi connectivity index (χ0v) is 14.3. The van der Waals surface area contributed by atoms with Crippen molar-refractivity contribution in [2.45, 2.75) is 32.4 Å². The Bertz CT molecular complexity index is 944. The van der Waals surface area contributed by atoms with Crippen LogP contribution >= 0.6 is 0 Å². The highest BCUT2D eigenvalue weighted by molar-refractivity contribution is 5.94. The minimum atomic E-state index is -0.114. The Kier molecular flexibility index (Phi) is 3.73. The van der Waals surface area contributed by atoms with E-state index in [1.807, 2.05) is 44.2 Å². The standard InChI is InChI=1S/C18H20N6O/c1-11-14(19)8-10-23(11)18(25)16-12(2)24(22-21-16)15-7-3-5-13-6-4-9-20-17(13)15/h3-7,9,11,14H,8,10,19H2,1-2H3/t11-,14-/m1/s1. The second-order valence-electron chi connectivity index (χ2n) is 6.48. The third-order valence-electron chi connectivity index (χ3n) is 5.01. The number of carbonyl (C=O) groups is 1. The molecule has 1 amide bonds. The van der Waals surface area contributed by atoms with Crippen LogP contribution in [0.1, 0.15) is 29.5 Å². The molecule has 1 aromatic carbocycles. The molecule has 0 aliphatic carbocycles. The van der Waals surface area contributed by atoms with Gasteiger partial charge in [-0.1, -0.05) is 23.4 Å². The van der Waals surface area contributed by atoms with Crippen molar-refractivity contribution in [1.82, 2.24) is 24.9 Å². The fourth-order valence-corrected chi connectivity index (χ4v) is 3.40. The van der Waals surface area contributed by atoms with Crippen molar-refractivity contribution in [2.24, 2.45) is 5.73 Å². The van der Waals surface area contributed by atoms with E-state index in [1.165, 1.54) is 0 Å². The van der Waals surface area contributed by atoms with Crippen LogP contribution in [0.4, 0.5) is 0 Å². The number of benzene rings is 1. The third kappa shape index (κ3) is 2.47. The van der Waals surface area contributed by atoms with Crippen LogP contribution in [0.25, 0.3) is 16.6 Å². The van der Waals surface area contributed by atoms with Crippen LogP contribution in [-0.2, 0) is 0 Å². The van der Waals surface area contributed by atoms with Crippen LogP contribution < -0.4 is 5.73 Å². The summed E-state index contributed by atoms with van der Waals surface area (Å²) >= 11 is 0. The predicted molar refractivity (Wildman–Crippen MR) is 94.5 cm³/mol. The Labute approximate surface area is 145 Å². The summed E-state index contributed by atoms with van der Waals surface area (Å²) in [6, 6.07) is 9.79. The van der Waals surface area contributed by atoms with Gasteiger partial charge in [0.1, 0.15) is 0 Å². The molecule has 2 atom stereocenters. The number of amides is 1. The molecule has 3 heterocycles. The Hall–Kier alpha value is -2.80. The minimum Gasteiger partial charge on any atom is -0.333 e. The zero-order chi connectivity index (χ0) is 17.6. The lowest BCUT2D eigenvalue weighted by Gasteiger charge is -2.22. The molecule has 0 unspecified atom stereocenters. The molecule has 0 radical (unpaired) electrons. The second kappa shape index (κ2) is 5.93. The van der Waals surface area contributed by atoms with Gasteiger partial charge in [0.15, 0.2) is 5.69 Å². The Morgan fingerprint density at radius 2 is 2.08 bits per heavy atom. The number of hydrogen-bond acceptors (Lipinski definition) is 5. The number of nitrogens with zero attached hydrogens (tertiary/aromatic N) is 5. The molecule has 1 aliphatic heterocycles. The van der Waals surface area contributed by atoms with E-state index < -0.39 is 0 Å². The number of pyridine rings is 1. The summed E-state index contributed by atoms with van der Waals surface area (Å²) in [4.78, 5) is 19.1. The van der Waals surface area contributed by atoms with Gasteiger partial charge in [0.2, 0.25) is 0 Å². The fourth-order valence-electron chi connectivity index (χ4n) is 3.40. The molecule has 2 aromatic heterocycles. The van der Waals surface area contributed by atoms with Gasteiger partial charge in [-0.2, -0.15) is 0 Å². The molecule has 1 saturated heterocycles. The molecule has 25 heavy (non-hydrogen) atoms. The zero-order valence-electron chi connectivity index (χ0n) is 14.3. The van der Waals surface area contributed by atoms with E-state index in [0.717, 1.165) is 23.0 Å². The van der Waals surface area contributed by atoms with Crippen molar-refractivity contribution < 1.29 is 4.79 Å². The minimum absolute atomic E-state index is 0.0104. The Morgan fingerprint density at radius 1 is 1.28 bits per heavy atom. The summed E-state index contributed by atoms with van der Waals surface area (Å²) in [6.45, 7) is 4.49. The molecule has 0 spiro atoms. The number of nitrogens with two attached hydrogens (primary N) is 1. The van der Waals surface area contributed by atoms with Gasteiger partial charge in [-0.15, -0.1) is 5.10 Å². The molecular weight excluding hydrogens is 316 g/mol. The van der Waals surface area contributed by atoms with Crippen molar-refractivity contribution in [2.75, 3.05) is 6.54 Å².